The molecule has 0 aliphatic carbocycles. The van der Waals surface area contributed by atoms with Crippen molar-refractivity contribution in [2.45, 2.75) is 57.0 Å². The van der Waals surface area contributed by atoms with Gasteiger partial charge in [-0.15, -0.1) is 0 Å². The maximum absolute atomic E-state index is 13.6. The number of alkyl halides is 3. The van der Waals surface area contributed by atoms with E-state index in [4.69, 9.17) is 4.74 Å². The standard InChI is InChI=1S/C25H32F3NO3/c26-25(27,28)24-15-20(19-7-3-1-4-8-19)9-10-21(24)18-32-14-6-2-5-12-29-13-11-23(31)16-22(29)17-30/h1,3-4,7-10,15,22-23,30-31H,2,5-6,11-14,16-18H2. The van der Waals surface area contributed by atoms with Crippen LogP contribution in [0.5, 0.6) is 0 Å². The highest BCUT2D eigenvalue weighted by Gasteiger charge is 2.33. The Morgan fingerprint density at radius 1 is 1.00 bits per heavy atom. The molecule has 2 unspecified atom stereocenters. The third-order valence-electron chi connectivity index (χ3n) is 6.03. The Hall–Kier alpha value is -1.93. The number of hydrogen-bond donors (Lipinski definition) is 2. The third kappa shape index (κ3) is 7.04. The molecule has 0 saturated carbocycles. The van der Waals surface area contributed by atoms with E-state index in [1.54, 1.807) is 30.3 Å². The molecule has 1 aliphatic rings. The Kier molecular flexibility index (Phi) is 9.11. The Morgan fingerprint density at radius 2 is 1.78 bits per heavy atom. The van der Waals surface area contributed by atoms with Gasteiger partial charge in [0.15, 0.2) is 0 Å². The van der Waals surface area contributed by atoms with E-state index in [1.165, 1.54) is 12.1 Å². The number of halogens is 3. The van der Waals surface area contributed by atoms with Gasteiger partial charge in [-0.1, -0.05) is 42.5 Å². The monoisotopic (exact) mass is 451 g/mol. The van der Waals surface area contributed by atoms with E-state index >= 15 is 0 Å². The molecule has 4 nitrogen and oxygen atoms in total. The van der Waals surface area contributed by atoms with E-state index in [2.05, 4.69) is 4.90 Å². The third-order valence-corrected chi connectivity index (χ3v) is 6.03. The van der Waals surface area contributed by atoms with Crippen LogP contribution in [0.4, 0.5) is 13.2 Å². The number of likely N-dealkylation sites (tertiary alicyclic amines) is 1. The van der Waals surface area contributed by atoms with Crippen molar-refractivity contribution in [1.82, 2.24) is 4.90 Å². The topological polar surface area (TPSA) is 52.9 Å². The first-order valence-electron chi connectivity index (χ1n) is 11.2. The predicted molar refractivity (Wildman–Crippen MR) is 118 cm³/mol. The van der Waals surface area contributed by atoms with Crippen LogP contribution >= 0.6 is 0 Å². The minimum absolute atomic E-state index is 0.00893. The van der Waals surface area contributed by atoms with Crippen molar-refractivity contribution in [1.29, 1.82) is 0 Å². The number of rotatable bonds is 10. The first-order chi connectivity index (χ1) is 15.4. The molecule has 0 aromatic heterocycles. The zero-order valence-corrected chi connectivity index (χ0v) is 18.2. The van der Waals surface area contributed by atoms with Crippen LogP contribution < -0.4 is 0 Å². The van der Waals surface area contributed by atoms with Crippen molar-refractivity contribution in [3.63, 3.8) is 0 Å². The minimum atomic E-state index is -4.44. The molecule has 32 heavy (non-hydrogen) atoms. The molecule has 7 heteroatoms. The molecule has 0 bridgehead atoms. The van der Waals surface area contributed by atoms with Crippen LogP contribution in [0.2, 0.25) is 0 Å². The summed E-state index contributed by atoms with van der Waals surface area (Å²) in [6.07, 6.45) is -0.848. The minimum Gasteiger partial charge on any atom is -0.395 e. The summed E-state index contributed by atoms with van der Waals surface area (Å²) in [5.41, 5.74) is 0.779. The van der Waals surface area contributed by atoms with Gasteiger partial charge in [0.1, 0.15) is 0 Å². The predicted octanol–water partition coefficient (Wildman–Crippen LogP) is 4.88. The van der Waals surface area contributed by atoms with Gasteiger partial charge in [-0.25, -0.2) is 0 Å². The van der Waals surface area contributed by atoms with Crippen LogP contribution in [-0.2, 0) is 17.5 Å². The quantitative estimate of drug-likeness (QED) is 0.506. The maximum atomic E-state index is 13.6. The fourth-order valence-electron chi connectivity index (χ4n) is 4.22. The molecule has 1 fully saturated rings. The van der Waals surface area contributed by atoms with Crippen LogP contribution in [-0.4, -0.2) is 53.6 Å². The van der Waals surface area contributed by atoms with Crippen LogP contribution in [0, 0.1) is 0 Å². The number of hydrogen-bond acceptors (Lipinski definition) is 4. The van der Waals surface area contributed by atoms with Gasteiger partial charge in [-0.2, -0.15) is 13.2 Å². The molecule has 2 N–H and O–H groups in total. The number of unbranched alkanes of at least 4 members (excludes halogenated alkanes) is 2. The zero-order valence-electron chi connectivity index (χ0n) is 18.2. The van der Waals surface area contributed by atoms with Crippen molar-refractivity contribution in [3.05, 3.63) is 59.7 Å². The SMILES string of the molecule is OCC1CC(O)CCN1CCCCCOCc1ccc(-c2ccccc2)cc1C(F)(F)F. The van der Waals surface area contributed by atoms with Gasteiger partial charge < -0.3 is 14.9 Å². The average Bonchev–Trinajstić information content (AvgIpc) is 2.79. The van der Waals surface area contributed by atoms with Gasteiger partial charge >= 0.3 is 6.18 Å². The summed E-state index contributed by atoms with van der Waals surface area (Å²) in [7, 11) is 0. The van der Waals surface area contributed by atoms with Crippen LogP contribution in [0.15, 0.2) is 48.5 Å². The van der Waals surface area contributed by atoms with Gasteiger partial charge in [-0.05, 0) is 61.4 Å². The highest BCUT2D eigenvalue weighted by atomic mass is 19.4. The van der Waals surface area contributed by atoms with Crippen molar-refractivity contribution >= 4 is 0 Å². The second-order valence-electron chi connectivity index (χ2n) is 8.40. The van der Waals surface area contributed by atoms with Crippen molar-refractivity contribution in [2.24, 2.45) is 0 Å². The Bertz CT molecular complexity index is 829. The van der Waals surface area contributed by atoms with Crippen molar-refractivity contribution in [3.8, 4) is 11.1 Å². The van der Waals surface area contributed by atoms with Gasteiger partial charge in [0.2, 0.25) is 0 Å². The Labute approximate surface area is 187 Å². The summed E-state index contributed by atoms with van der Waals surface area (Å²) in [5.74, 6) is 0. The molecule has 1 saturated heterocycles. The van der Waals surface area contributed by atoms with Crippen LogP contribution in [0.25, 0.3) is 11.1 Å². The van der Waals surface area contributed by atoms with E-state index in [0.29, 0.717) is 18.6 Å². The van der Waals surface area contributed by atoms with Crippen LogP contribution in [0.3, 0.4) is 0 Å². The number of piperidine rings is 1. The lowest BCUT2D eigenvalue weighted by molar-refractivity contribution is -0.138. The molecular weight excluding hydrogens is 419 g/mol. The smallest absolute Gasteiger partial charge is 0.395 e. The average molecular weight is 452 g/mol. The number of aliphatic hydroxyl groups is 2. The van der Waals surface area contributed by atoms with Crippen molar-refractivity contribution < 1.29 is 28.1 Å². The molecular formula is C25H32F3NO3. The number of benzene rings is 2. The first-order valence-corrected chi connectivity index (χ1v) is 11.2. The lowest BCUT2D eigenvalue weighted by Gasteiger charge is -2.36. The first kappa shape index (κ1) is 24.7. The number of aliphatic hydroxyl groups excluding tert-OH is 2. The van der Waals surface area contributed by atoms with Gasteiger partial charge in [0.25, 0.3) is 0 Å². The molecule has 2 atom stereocenters. The van der Waals surface area contributed by atoms with E-state index < -0.39 is 11.7 Å². The maximum Gasteiger partial charge on any atom is 0.416 e. The fraction of sp³-hybridized carbons (Fsp3) is 0.520. The second kappa shape index (κ2) is 11.8. The molecule has 1 heterocycles. The highest BCUT2D eigenvalue weighted by molar-refractivity contribution is 5.65. The number of ether oxygens (including phenoxy) is 1. The summed E-state index contributed by atoms with van der Waals surface area (Å²) in [5, 5.41) is 19.2. The molecule has 0 radical (unpaired) electrons. The van der Waals surface area contributed by atoms with Crippen molar-refractivity contribution in [2.75, 3.05) is 26.3 Å². The number of nitrogens with zero attached hydrogens (tertiary/aromatic N) is 1. The summed E-state index contributed by atoms with van der Waals surface area (Å²) < 4.78 is 46.3. The lowest BCUT2D eigenvalue weighted by Crippen LogP contribution is -2.46. The van der Waals surface area contributed by atoms with Gasteiger partial charge in [-0.3, -0.25) is 4.90 Å². The second-order valence-corrected chi connectivity index (χ2v) is 8.40. The highest BCUT2D eigenvalue weighted by Crippen LogP contribution is 2.35. The molecule has 0 amide bonds. The Balaban J connectivity index is 1.44. The molecule has 0 spiro atoms. The van der Waals surface area contributed by atoms with E-state index in [1.807, 2.05) is 6.07 Å². The summed E-state index contributed by atoms with van der Waals surface area (Å²) >= 11 is 0. The molecule has 1 aliphatic heterocycles. The summed E-state index contributed by atoms with van der Waals surface area (Å²) in [4.78, 5) is 2.21. The molecule has 3 rings (SSSR count). The van der Waals surface area contributed by atoms with Gasteiger partial charge in [0.05, 0.1) is 24.9 Å². The summed E-state index contributed by atoms with van der Waals surface area (Å²) in [6, 6.07) is 13.4. The fourth-order valence-corrected chi connectivity index (χ4v) is 4.22. The van der Waals surface area contributed by atoms with Crippen LogP contribution in [0.1, 0.15) is 43.2 Å². The van der Waals surface area contributed by atoms with E-state index in [0.717, 1.165) is 44.3 Å². The Morgan fingerprint density at radius 3 is 2.50 bits per heavy atom. The largest absolute Gasteiger partial charge is 0.416 e. The lowest BCUT2D eigenvalue weighted by atomic mass is 9.99. The zero-order chi connectivity index (χ0) is 23.0. The summed E-state index contributed by atoms with van der Waals surface area (Å²) in [6.45, 7) is 2.00. The molecule has 176 valence electrons. The van der Waals surface area contributed by atoms with E-state index in [9.17, 15) is 23.4 Å². The van der Waals surface area contributed by atoms with Gasteiger partial charge in [0, 0.05) is 19.2 Å². The van der Waals surface area contributed by atoms with E-state index in [-0.39, 0.29) is 30.9 Å². The molecule has 2 aromatic carbocycles. The molecule has 2 aromatic rings. The normalized spacial score (nSPS) is 19.9.